The van der Waals surface area contributed by atoms with E-state index in [-0.39, 0.29) is 18.3 Å². The topological polar surface area (TPSA) is 63.2 Å². The van der Waals surface area contributed by atoms with Crippen molar-refractivity contribution < 1.29 is 20.0 Å². The van der Waals surface area contributed by atoms with Crippen molar-refractivity contribution in [3.8, 4) is 0 Å². The molecule has 0 saturated carbocycles. The molecule has 1 amide bonds. The molecule has 2 atom stereocenters. The van der Waals surface area contributed by atoms with Crippen LogP contribution in [0.5, 0.6) is 0 Å². The molecule has 0 aromatic heterocycles. The van der Waals surface area contributed by atoms with Gasteiger partial charge < -0.3 is 9.47 Å². The smallest absolute Gasteiger partial charge is 0.410 e. The minimum absolute atomic E-state index is 0.0396. The van der Waals surface area contributed by atoms with Crippen LogP contribution in [-0.2, 0) is 9.47 Å². The molecule has 4 nitrogen and oxygen atoms in total. The third-order valence-electron chi connectivity index (χ3n) is 2.52. The predicted molar refractivity (Wildman–Crippen MR) is 60.8 cm³/mol. The molecule has 0 saturated heterocycles. The van der Waals surface area contributed by atoms with Crippen LogP contribution < -0.4 is 5.73 Å². The fraction of sp³-hybridized carbons (Fsp3) is 0.750. The molecule has 3 N–H and O–H groups in total. The molecule has 0 aliphatic heterocycles. The van der Waals surface area contributed by atoms with Crippen molar-refractivity contribution >= 4 is 6.09 Å². The van der Waals surface area contributed by atoms with Crippen LogP contribution in [0, 0.1) is 0 Å². The van der Waals surface area contributed by atoms with E-state index in [9.17, 15) is 4.79 Å². The second-order valence-electron chi connectivity index (χ2n) is 4.39. The first kappa shape index (κ1) is 13.2. The minimum atomic E-state index is -0.493. The third kappa shape index (κ3) is 4.77. The van der Waals surface area contributed by atoms with Gasteiger partial charge in [-0.15, -0.1) is 0 Å². The highest BCUT2D eigenvalue weighted by Crippen LogP contribution is 2.19. The molecule has 1 rings (SSSR count). The number of hydrogen-bond acceptors (Lipinski definition) is 3. The normalized spacial score (nSPS) is 26.2. The van der Waals surface area contributed by atoms with Crippen LogP contribution in [0.4, 0.5) is 4.79 Å². The number of carbonyl (C=O) groups excluding carboxylic acids is 1. The second-order valence-corrected chi connectivity index (χ2v) is 4.39. The lowest BCUT2D eigenvalue weighted by Crippen LogP contribution is -2.59. The van der Waals surface area contributed by atoms with E-state index in [0.29, 0.717) is 0 Å². The largest absolute Gasteiger partial charge is 0.511 e. The molecule has 16 heavy (non-hydrogen) atoms. The molecule has 0 bridgehead atoms. The lowest BCUT2D eigenvalue weighted by molar-refractivity contribution is -0.289. The quantitative estimate of drug-likeness (QED) is 0.747. The van der Waals surface area contributed by atoms with Crippen LogP contribution in [0.1, 0.15) is 39.5 Å². The van der Waals surface area contributed by atoms with Crippen molar-refractivity contribution in [3.63, 3.8) is 0 Å². The first-order valence-corrected chi connectivity index (χ1v) is 5.94. The maximum Gasteiger partial charge on any atom is 0.511 e. The molecular weight excluding hydrogens is 206 g/mol. The Bertz CT molecular complexity index is 251. The van der Waals surface area contributed by atoms with Gasteiger partial charge in [0, 0.05) is 0 Å². The molecule has 1 aliphatic carbocycles. The summed E-state index contributed by atoms with van der Waals surface area (Å²) >= 11 is 0. The molecule has 2 unspecified atom stereocenters. The summed E-state index contributed by atoms with van der Waals surface area (Å²) in [7, 11) is 0. The van der Waals surface area contributed by atoms with Crippen LogP contribution in [-0.4, -0.2) is 24.4 Å². The number of carbonyl (C=O) groups is 1. The molecule has 4 heteroatoms. The van der Waals surface area contributed by atoms with Gasteiger partial charge in [0.1, 0.15) is 0 Å². The Morgan fingerprint density at radius 2 is 2.19 bits per heavy atom. The highest BCUT2D eigenvalue weighted by atomic mass is 16.6. The lowest BCUT2D eigenvalue weighted by Gasteiger charge is -2.26. The fourth-order valence-electron chi connectivity index (χ4n) is 1.89. The van der Waals surface area contributed by atoms with Crippen LogP contribution in [0.15, 0.2) is 12.2 Å². The first-order chi connectivity index (χ1) is 7.59. The number of allylic oxidation sites excluding steroid dienone is 1. The van der Waals surface area contributed by atoms with Gasteiger partial charge in [0.2, 0.25) is 0 Å². The average molecular weight is 228 g/mol. The van der Waals surface area contributed by atoms with Crippen molar-refractivity contribution in [2.75, 3.05) is 0 Å². The zero-order valence-electron chi connectivity index (χ0n) is 10.1. The molecule has 0 spiro atoms. The Morgan fingerprint density at radius 3 is 2.81 bits per heavy atom. The van der Waals surface area contributed by atoms with E-state index >= 15 is 0 Å². The standard InChI is InChI=1S/C12H21NO3/c1-9(2)15-10-7-5-3-4-6-8-11(10)16-12(13)14/h6,8-11H,3-5,7H2,1-2H3,(H2,13,14)/p+1. The molecule has 92 valence electrons. The summed E-state index contributed by atoms with van der Waals surface area (Å²) < 4.78 is 11.0. The number of amides is 1. The molecular formula is C12H22NO3+. The number of quaternary nitrogens is 1. The summed E-state index contributed by atoms with van der Waals surface area (Å²) in [5.74, 6) is 0. The number of rotatable bonds is 3. The summed E-state index contributed by atoms with van der Waals surface area (Å²) in [6, 6.07) is 0. The van der Waals surface area contributed by atoms with Crippen LogP contribution in [0.25, 0.3) is 0 Å². The second kappa shape index (κ2) is 6.66. The van der Waals surface area contributed by atoms with Crippen molar-refractivity contribution in [1.82, 2.24) is 0 Å². The Balaban J connectivity index is 2.66. The molecule has 1 aliphatic rings. The van der Waals surface area contributed by atoms with E-state index in [2.05, 4.69) is 11.8 Å². The lowest BCUT2D eigenvalue weighted by atomic mass is 10.0. The summed E-state index contributed by atoms with van der Waals surface area (Å²) in [5.41, 5.74) is 3.25. The van der Waals surface area contributed by atoms with Crippen LogP contribution in [0.3, 0.4) is 0 Å². The maximum absolute atomic E-state index is 10.9. The van der Waals surface area contributed by atoms with Crippen molar-refractivity contribution in [2.24, 2.45) is 0 Å². The highest BCUT2D eigenvalue weighted by molar-refractivity contribution is 5.54. The summed E-state index contributed by atoms with van der Waals surface area (Å²) in [5, 5.41) is 0. The van der Waals surface area contributed by atoms with Gasteiger partial charge in [-0.05, 0) is 39.2 Å². The van der Waals surface area contributed by atoms with E-state index in [1.165, 1.54) is 6.42 Å². The van der Waals surface area contributed by atoms with E-state index in [4.69, 9.17) is 9.47 Å². The van der Waals surface area contributed by atoms with Crippen molar-refractivity contribution in [2.45, 2.75) is 57.8 Å². The number of ether oxygens (including phenoxy) is 2. The van der Waals surface area contributed by atoms with Gasteiger partial charge in [0.25, 0.3) is 0 Å². The monoisotopic (exact) mass is 228 g/mol. The van der Waals surface area contributed by atoms with E-state index < -0.39 is 6.09 Å². The fourth-order valence-corrected chi connectivity index (χ4v) is 1.89. The van der Waals surface area contributed by atoms with Gasteiger partial charge >= 0.3 is 6.09 Å². The molecule has 0 heterocycles. The zero-order chi connectivity index (χ0) is 12.0. The Kier molecular flexibility index (Phi) is 5.49. The number of hydrogen-bond donors (Lipinski definition) is 1. The van der Waals surface area contributed by atoms with Crippen molar-refractivity contribution in [3.05, 3.63) is 12.2 Å². The van der Waals surface area contributed by atoms with E-state index in [0.717, 1.165) is 19.3 Å². The van der Waals surface area contributed by atoms with Gasteiger partial charge in [-0.2, -0.15) is 4.79 Å². The van der Waals surface area contributed by atoms with E-state index in [1.807, 2.05) is 19.9 Å². The Labute approximate surface area is 96.8 Å². The molecule has 0 radical (unpaired) electrons. The predicted octanol–water partition coefficient (Wildman–Crippen LogP) is 1.66. The SMILES string of the molecule is CC(C)OC1CCCCC=CC1OC([NH3+])=O. The summed E-state index contributed by atoms with van der Waals surface area (Å²) in [6.45, 7) is 3.98. The molecule has 0 aromatic rings. The summed E-state index contributed by atoms with van der Waals surface area (Å²) in [6.07, 6.45) is 7.55. The van der Waals surface area contributed by atoms with Crippen molar-refractivity contribution in [1.29, 1.82) is 0 Å². The van der Waals surface area contributed by atoms with E-state index in [1.54, 1.807) is 0 Å². The van der Waals surface area contributed by atoms with Gasteiger partial charge in [-0.1, -0.05) is 12.5 Å². The maximum atomic E-state index is 10.9. The minimum Gasteiger partial charge on any atom is -0.410 e. The highest BCUT2D eigenvalue weighted by Gasteiger charge is 2.25. The van der Waals surface area contributed by atoms with Gasteiger partial charge in [-0.3, -0.25) is 5.73 Å². The average Bonchev–Trinajstić information content (AvgIpc) is 2.15. The third-order valence-corrected chi connectivity index (χ3v) is 2.52. The molecule has 0 fully saturated rings. The van der Waals surface area contributed by atoms with Crippen LogP contribution >= 0.6 is 0 Å². The molecule has 0 aromatic carbocycles. The van der Waals surface area contributed by atoms with Gasteiger partial charge in [0.05, 0.1) is 12.2 Å². The Morgan fingerprint density at radius 1 is 1.44 bits per heavy atom. The van der Waals surface area contributed by atoms with Gasteiger partial charge in [0.15, 0.2) is 6.10 Å². The Hall–Kier alpha value is -0.870. The first-order valence-electron chi connectivity index (χ1n) is 5.94. The van der Waals surface area contributed by atoms with Gasteiger partial charge in [-0.25, -0.2) is 0 Å². The zero-order valence-corrected chi connectivity index (χ0v) is 10.1. The summed E-state index contributed by atoms with van der Waals surface area (Å²) in [4.78, 5) is 10.9. The van der Waals surface area contributed by atoms with Crippen LogP contribution in [0.2, 0.25) is 0 Å².